The predicted molar refractivity (Wildman–Crippen MR) is 160 cm³/mol. The number of rotatable bonds is 18. The fraction of sp³-hybridized carbons (Fsp3) is 0.516. The molecule has 0 saturated carbocycles. The summed E-state index contributed by atoms with van der Waals surface area (Å²) in [4.78, 5) is 41.9. The third-order valence-corrected chi connectivity index (χ3v) is 6.43. The lowest BCUT2D eigenvalue weighted by Crippen LogP contribution is -2.26. The summed E-state index contributed by atoms with van der Waals surface area (Å²) in [7, 11) is 0. The molecule has 0 bridgehead atoms. The Labute approximate surface area is 248 Å². The topological polar surface area (TPSA) is 138 Å². The van der Waals surface area contributed by atoms with E-state index in [2.05, 4.69) is 15.3 Å². The van der Waals surface area contributed by atoms with Crippen LogP contribution in [0.4, 0.5) is 5.69 Å². The van der Waals surface area contributed by atoms with E-state index in [1.165, 1.54) is 0 Å². The zero-order chi connectivity index (χ0) is 30.6. The second-order valence-corrected chi connectivity index (χ2v) is 10.5. The number of ether oxygens (including phenoxy) is 2. The van der Waals surface area contributed by atoms with Crippen LogP contribution in [0.25, 0.3) is 0 Å². The highest BCUT2D eigenvalue weighted by molar-refractivity contribution is 5.90. The maximum Gasteiger partial charge on any atom is 0.311 e. The summed E-state index contributed by atoms with van der Waals surface area (Å²) in [5.74, 6) is -0.0915. The Hall–Kier alpha value is -4.15. The van der Waals surface area contributed by atoms with Crippen molar-refractivity contribution in [1.82, 2.24) is 19.1 Å². The van der Waals surface area contributed by atoms with Crippen LogP contribution in [0.15, 0.2) is 61.7 Å². The number of amides is 1. The Morgan fingerprint density at radius 2 is 1.50 bits per heavy atom. The number of aryl methyl sites for hydroxylation is 2. The van der Waals surface area contributed by atoms with Crippen LogP contribution in [0, 0.1) is 5.41 Å². The van der Waals surface area contributed by atoms with Crippen LogP contribution in [-0.2, 0) is 32.2 Å². The number of carbonyl (C=O) groups is 3. The molecule has 1 aromatic carbocycles. The van der Waals surface area contributed by atoms with Crippen LogP contribution in [0.2, 0.25) is 0 Å². The van der Waals surface area contributed by atoms with Gasteiger partial charge in [-0.15, -0.1) is 0 Å². The Balaban J connectivity index is 0.000000468. The van der Waals surface area contributed by atoms with Crippen LogP contribution in [0.1, 0.15) is 72.1 Å². The minimum absolute atomic E-state index is 0.000439. The molecule has 1 amide bonds. The van der Waals surface area contributed by atoms with E-state index >= 15 is 0 Å². The lowest BCUT2D eigenvalue weighted by Gasteiger charge is -2.21. The van der Waals surface area contributed by atoms with Crippen molar-refractivity contribution in [3.8, 4) is 5.75 Å². The van der Waals surface area contributed by atoms with Gasteiger partial charge in [0.2, 0.25) is 5.91 Å². The number of aromatic nitrogens is 4. The van der Waals surface area contributed by atoms with Gasteiger partial charge in [-0.05, 0) is 70.7 Å². The Kier molecular flexibility index (Phi) is 15.5. The number of unbranched alkanes of at least 4 members (excludes halogenated alkanes) is 2. The average molecular weight is 584 g/mol. The van der Waals surface area contributed by atoms with E-state index in [0.717, 1.165) is 56.6 Å². The molecule has 3 rings (SSSR count). The molecule has 0 spiro atoms. The summed E-state index contributed by atoms with van der Waals surface area (Å²) in [5, 5.41) is 11.2. The zero-order valence-electron chi connectivity index (χ0n) is 25.0. The summed E-state index contributed by atoms with van der Waals surface area (Å²) in [5.41, 5.74) is 0.331. The van der Waals surface area contributed by atoms with Gasteiger partial charge in [0, 0.05) is 56.4 Å². The van der Waals surface area contributed by atoms with E-state index in [4.69, 9.17) is 14.6 Å². The van der Waals surface area contributed by atoms with Crippen LogP contribution in [0.3, 0.4) is 0 Å². The monoisotopic (exact) mass is 583 g/mol. The van der Waals surface area contributed by atoms with E-state index in [1.54, 1.807) is 25.0 Å². The molecule has 2 aromatic heterocycles. The minimum Gasteiger partial charge on any atom is -0.494 e. The molecule has 0 fully saturated rings. The molecular formula is C31H45N5O6. The Morgan fingerprint density at radius 3 is 2.05 bits per heavy atom. The van der Waals surface area contributed by atoms with E-state index in [1.807, 2.05) is 66.6 Å². The maximum absolute atomic E-state index is 12.1. The number of aliphatic carboxylic acids is 1. The van der Waals surface area contributed by atoms with Crippen molar-refractivity contribution in [3.05, 3.63) is 61.7 Å². The highest BCUT2D eigenvalue weighted by Crippen LogP contribution is 2.25. The second kappa shape index (κ2) is 19.1. The quantitative estimate of drug-likeness (QED) is 0.146. The summed E-state index contributed by atoms with van der Waals surface area (Å²) in [6, 6.07) is 7.44. The van der Waals surface area contributed by atoms with E-state index in [0.29, 0.717) is 26.1 Å². The van der Waals surface area contributed by atoms with Crippen LogP contribution in [0.5, 0.6) is 5.75 Å². The van der Waals surface area contributed by atoms with Gasteiger partial charge in [-0.25, -0.2) is 9.97 Å². The van der Waals surface area contributed by atoms with Crippen molar-refractivity contribution >= 4 is 23.5 Å². The fourth-order valence-corrected chi connectivity index (χ4v) is 4.00. The second-order valence-electron chi connectivity index (χ2n) is 10.5. The molecule has 0 aliphatic carbocycles. The SMILES string of the molecule is CCOC(=O)C(C)(C)CCCCCOc1ccc(NC(=O)CCCn2ccnc2)cc1.O=C(O)CCCn1ccnc1. The third kappa shape index (κ3) is 14.5. The Bertz CT molecular complexity index is 1160. The molecule has 0 radical (unpaired) electrons. The molecule has 230 valence electrons. The van der Waals surface area contributed by atoms with Crippen molar-refractivity contribution in [1.29, 1.82) is 0 Å². The number of benzene rings is 1. The molecule has 0 saturated heterocycles. The largest absolute Gasteiger partial charge is 0.494 e. The van der Waals surface area contributed by atoms with Gasteiger partial charge in [0.15, 0.2) is 0 Å². The van der Waals surface area contributed by atoms with Crippen molar-refractivity contribution in [2.24, 2.45) is 5.41 Å². The molecule has 0 unspecified atom stereocenters. The van der Waals surface area contributed by atoms with Crippen molar-refractivity contribution in [2.45, 2.75) is 85.2 Å². The van der Waals surface area contributed by atoms with Crippen molar-refractivity contribution in [2.75, 3.05) is 18.5 Å². The molecule has 3 aromatic rings. The maximum atomic E-state index is 12.1. The van der Waals surface area contributed by atoms with Gasteiger partial charge >= 0.3 is 11.9 Å². The van der Waals surface area contributed by atoms with E-state index in [9.17, 15) is 14.4 Å². The number of hydrogen-bond acceptors (Lipinski definition) is 7. The molecule has 2 heterocycles. The molecule has 0 aliphatic heterocycles. The number of nitrogens with one attached hydrogen (secondary N) is 1. The summed E-state index contributed by atoms with van der Waals surface area (Å²) >= 11 is 0. The van der Waals surface area contributed by atoms with Crippen molar-refractivity contribution in [3.63, 3.8) is 0 Å². The smallest absolute Gasteiger partial charge is 0.311 e. The molecule has 2 N–H and O–H groups in total. The summed E-state index contributed by atoms with van der Waals surface area (Å²) in [6.07, 6.45) is 16.4. The Morgan fingerprint density at radius 1 is 0.881 bits per heavy atom. The number of carboxylic acids is 1. The normalized spacial score (nSPS) is 10.8. The number of nitrogens with zero attached hydrogens (tertiary/aromatic N) is 4. The number of anilines is 1. The molecular weight excluding hydrogens is 538 g/mol. The van der Waals surface area contributed by atoms with Gasteiger partial charge in [-0.3, -0.25) is 14.4 Å². The molecule has 0 aliphatic rings. The number of carboxylic acid groups (broad SMARTS) is 1. The number of hydrogen-bond donors (Lipinski definition) is 2. The predicted octanol–water partition coefficient (Wildman–Crippen LogP) is 5.58. The van der Waals surface area contributed by atoms with E-state index < -0.39 is 11.4 Å². The van der Waals surface area contributed by atoms with Gasteiger partial charge in [-0.1, -0.05) is 12.8 Å². The van der Waals surface area contributed by atoms with Gasteiger partial charge in [-0.2, -0.15) is 0 Å². The van der Waals surface area contributed by atoms with Crippen LogP contribution < -0.4 is 10.1 Å². The minimum atomic E-state index is -0.745. The lowest BCUT2D eigenvalue weighted by molar-refractivity contribution is -0.153. The van der Waals surface area contributed by atoms with Gasteiger partial charge < -0.3 is 29.0 Å². The first-order valence-electron chi connectivity index (χ1n) is 14.5. The molecule has 11 heteroatoms. The lowest BCUT2D eigenvalue weighted by atomic mass is 9.87. The van der Waals surface area contributed by atoms with Gasteiger partial charge in [0.05, 0.1) is 31.3 Å². The summed E-state index contributed by atoms with van der Waals surface area (Å²) < 4.78 is 14.7. The average Bonchev–Trinajstić information content (AvgIpc) is 3.67. The van der Waals surface area contributed by atoms with Crippen LogP contribution in [-0.4, -0.2) is 55.3 Å². The first kappa shape index (κ1) is 34.1. The zero-order valence-corrected chi connectivity index (χ0v) is 25.0. The number of esters is 1. The first-order chi connectivity index (χ1) is 20.2. The molecule has 0 atom stereocenters. The standard InChI is InChI=1S/C24H35N3O4.C7H10N2O2/c1-4-30-23(29)24(2,3)14-6-5-7-18-31-21-12-10-20(11-13-21)26-22(28)9-8-16-27-17-15-25-19-27;10-7(11)2-1-4-9-5-3-8-6-9/h10-13,15,17,19H,4-9,14,16,18H2,1-3H3,(H,26,28);3,5-6H,1-2,4H2,(H,10,11). The van der Waals surface area contributed by atoms with Gasteiger partial charge in [0.25, 0.3) is 0 Å². The van der Waals surface area contributed by atoms with Gasteiger partial charge in [0.1, 0.15) is 5.75 Å². The third-order valence-electron chi connectivity index (χ3n) is 6.43. The highest BCUT2D eigenvalue weighted by atomic mass is 16.5. The molecule has 42 heavy (non-hydrogen) atoms. The highest BCUT2D eigenvalue weighted by Gasteiger charge is 2.28. The number of carbonyl (C=O) groups excluding carboxylic acids is 2. The fourth-order valence-electron chi connectivity index (χ4n) is 4.00. The van der Waals surface area contributed by atoms with Crippen molar-refractivity contribution < 1.29 is 29.0 Å². The van der Waals surface area contributed by atoms with E-state index in [-0.39, 0.29) is 18.3 Å². The van der Waals surface area contributed by atoms with Crippen LogP contribution >= 0.6 is 0 Å². The number of imidazole rings is 2. The summed E-state index contributed by atoms with van der Waals surface area (Å²) in [6.45, 7) is 8.25. The molecule has 11 nitrogen and oxygen atoms in total. The first-order valence-corrected chi connectivity index (χ1v) is 14.5.